The summed E-state index contributed by atoms with van der Waals surface area (Å²) in [5.41, 5.74) is 38.2. The van der Waals surface area contributed by atoms with Gasteiger partial charge in [-0.05, 0) is 253 Å². The van der Waals surface area contributed by atoms with Crippen LogP contribution in [-0.4, -0.2) is 0 Å². The highest BCUT2D eigenvalue weighted by molar-refractivity contribution is 6.24. The molecule has 0 saturated carbocycles. The summed E-state index contributed by atoms with van der Waals surface area (Å²) in [5, 5.41) is 16.1. The molecule has 2 aliphatic heterocycles. The van der Waals surface area contributed by atoms with E-state index in [1.807, 2.05) is 6.07 Å². The van der Waals surface area contributed by atoms with Gasteiger partial charge in [0.05, 0.1) is 67.7 Å². The summed E-state index contributed by atoms with van der Waals surface area (Å²) in [6.45, 7) is 6.44. The van der Waals surface area contributed by atoms with E-state index in [1.165, 1.54) is 116 Å². The SMILES string of the molecule is C.C.C.C.Cc1ccc(N(c2cc3c(c4ccccc24)-c2c(cc(N(c4ccccc4)c4cccc5c4oc4c(C)cccc45)c4ccccc24)C32c3ccccc3N(c3ccccc3)c3ccccc32)c2cccc3c2oc2c(C)cccc23)cc1.c1ccc(N2c3ccccc3C3(c4ccccc42)c2ccc4ccccc4c2-c2c3cc(N(c3ccccc3)c3cccc4c3oc3ccccc34)c3ccccc23)cc1. The van der Waals surface area contributed by atoms with Gasteiger partial charge in [-0.25, -0.2) is 0 Å². The van der Waals surface area contributed by atoms with Crippen molar-refractivity contribution in [3.05, 3.63) is 547 Å². The molecule has 30 rings (SSSR count). The predicted octanol–water partition coefficient (Wildman–Crippen LogP) is 39.9. The maximum absolute atomic E-state index is 7.12. The first kappa shape index (κ1) is 89.8. The number of hydrogen-bond acceptors (Lipinski definition) is 8. The van der Waals surface area contributed by atoms with Crippen LogP contribution in [0, 0.1) is 20.8 Å². The van der Waals surface area contributed by atoms with Crippen molar-refractivity contribution < 1.29 is 13.3 Å². The molecular formula is C139H105N5O3. The molecule has 0 bridgehead atoms. The molecule has 8 nitrogen and oxygen atoms in total. The molecule has 704 valence electrons. The average Bonchev–Trinajstić information content (AvgIpc) is 1.50. The Morgan fingerprint density at radius 3 is 0.878 bits per heavy atom. The number of benzene rings is 23. The number of aryl methyl sites for hydroxylation is 3. The molecule has 8 heteroatoms. The third kappa shape index (κ3) is 13.0. The first-order valence-electron chi connectivity index (χ1n) is 49.4. The van der Waals surface area contributed by atoms with Crippen LogP contribution < -0.4 is 24.5 Å². The highest BCUT2D eigenvalue weighted by Crippen LogP contribution is 2.70. The van der Waals surface area contributed by atoms with Gasteiger partial charge in [-0.3, -0.25) is 0 Å². The Balaban J connectivity index is 0.000000156. The minimum Gasteiger partial charge on any atom is -0.454 e. The van der Waals surface area contributed by atoms with Crippen molar-refractivity contribution in [1.82, 2.24) is 0 Å². The lowest BCUT2D eigenvalue weighted by molar-refractivity contribution is 0.665. The van der Waals surface area contributed by atoms with E-state index in [1.54, 1.807) is 0 Å². The van der Waals surface area contributed by atoms with Gasteiger partial charge in [0.25, 0.3) is 0 Å². The van der Waals surface area contributed by atoms with Crippen LogP contribution in [0.3, 0.4) is 0 Å². The quantitative estimate of drug-likeness (QED) is 0.127. The maximum atomic E-state index is 7.12. The van der Waals surface area contributed by atoms with Crippen LogP contribution in [0.2, 0.25) is 0 Å². The number of fused-ring (bicyclic) bond motifs is 35. The number of nitrogens with zero attached hydrogens (tertiary/aromatic N) is 5. The Labute approximate surface area is 856 Å². The molecule has 2 spiro atoms. The molecule has 4 aliphatic rings. The third-order valence-corrected chi connectivity index (χ3v) is 30.9. The summed E-state index contributed by atoms with van der Waals surface area (Å²) < 4.78 is 21.0. The van der Waals surface area contributed by atoms with Gasteiger partial charge < -0.3 is 37.8 Å². The van der Waals surface area contributed by atoms with E-state index in [2.05, 4.69) is 525 Å². The Bertz CT molecular complexity index is 9670. The maximum Gasteiger partial charge on any atom is 0.159 e. The predicted molar refractivity (Wildman–Crippen MR) is 621 cm³/mol. The summed E-state index contributed by atoms with van der Waals surface area (Å²) >= 11 is 0. The fraction of sp³-hybridized carbons (Fsp3) is 0.0647. The lowest BCUT2D eigenvalue weighted by Crippen LogP contribution is -2.36. The Hall–Kier alpha value is -18.5. The molecule has 3 aromatic heterocycles. The molecule has 2 aliphatic carbocycles. The largest absolute Gasteiger partial charge is 0.454 e. The normalized spacial score (nSPS) is 12.9. The molecule has 0 atom stereocenters. The van der Waals surface area contributed by atoms with Crippen LogP contribution in [0.25, 0.3) is 131 Å². The van der Waals surface area contributed by atoms with Crippen LogP contribution in [0.15, 0.2) is 499 Å². The first-order chi connectivity index (χ1) is 70.8. The molecular weight excluding hydrogens is 1790 g/mol. The number of furan rings is 3. The van der Waals surface area contributed by atoms with Gasteiger partial charge in [-0.2, -0.15) is 0 Å². The molecule has 0 saturated heterocycles. The smallest absolute Gasteiger partial charge is 0.159 e. The zero-order valence-corrected chi connectivity index (χ0v) is 78.6. The molecule has 26 aromatic rings. The minimum absolute atomic E-state index is 0. The zero-order chi connectivity index (χ0) is 94.4. The second-order valence-electron chi connectivity index (χ2n) is 38.4. The van der Waals surface area contributed by atoms with Gasteiger partial charge in [0.15, 0.2) is 16.7 Å². The molecule has 0 amide bonds. The minimum atomic E-state index is -0.882. The monoisotopic (exact) mass is 1890 g/mol. The van der Waals surface area contributed by atoms with Crippen molar-refractivity contribution in [3.8, 4) is 22.3 Å². The van der Waals surface area contributed by atoms with Crippen molar-refractivity contribution in [2.45, 2.75) is 61.3 Å². The Morgan fingerprint density at radius 2 is 0.476 bits per heavy atom. The zero-order valence-electron chi connectivity index (χ0n) is 78.6. The van der Waals surface area contributed by atoms with Crippen molar-refractivity contribution in [1.29, 1.82) is 0 Å². The van der Waals surface area contributed by atoms with E-state index < -0.39 is 10.8 Å². The van der Waals surface area contributed by atoms with E-state index in [9.17, 15) is 0 Å². The topological polar surface area (TPSA) is 55.6 Å². The highest BCUT2D eigenvalue weighted by Gasteiger charge is 2.56. The lowest BCUT2D eigenvalue weighted by Gasteiger charge is -2.45. The molecule has 0 N–H and O–H groups in total. The van der Waals surface area contributed by atoms with E-state index in [4.69, 9.17) is 13.3 Å². The molecule has 0 unspecified atom stereocenters. The van der Waals surface area contributed by atoms with Gasteiger partial charge >= 0.3 is 0 Å². The van der Waals surface area contributed by atoms with Crippen LogP contribution >= 0.6 is 0 Å². The van der Waals surface area contributed by atoms with E-state index in [0.29, 0.717) is 0 Å². The second kappa shape index (κ2) is 35.0. The second-order valence-corrected chi connectivity index (χ2v) is 38.4. The van der Waals surface area contributed by atoms with Crippen molar-refractivity contribution >= 4 is 194 Å². The summed E-state index contributed by atoms with van der Waals surface area (Å²) in [6.07, 6.45) is 0. The summed E-state index contributed by atoms with van der Waals surface area (Å²) in [5.74, 6) is 0. The average molecular weight is 1890 g/mol. The number of rotatable bonds is 11. The van der Waals surface area contributed by atoms with Crippen molar-refractivity contribution in [3.63, 3.8) is 0 Å². The third-order valence-electron chi connectivity index (χ3n) is 30.9. The van der Waals surface area contributed by atoms with Crippen LogP contribution in [-0.2, 0) is 10.8 Å². The molecule has 5 heterocycles. The fourth-order valence-electron chi connectivity index (χ4n) is 25.1. The van der Waals surface area contributed by atoms with Crippen LogP contribution in [0.4, 0.5) is 85.3 Å². The van der Waals surface area contributed by atoms with Crippen molar-refractivity contribution in [2.75, 3.05) is 24.5 Å². The van der Waals surface area contributed by atoms with Gasteiger partial charge in [-0.15, -0.1) is 0 Å². The van der Waals surface area contributed by atoms with Crippen LogP contribution in [0.1, 0.15) is 90.9 Å². The number of anilines is 15. The summed E-state index contributed by atoms with van der Waals surface area (Å²) in [6, 6.07) is 178. The first-order valence-corrected chi connectivity index (χ1v) is 49.4. The molecule has 0 radical (unpaired) electrons. The summed E-state index contributed by atoms with van der Waals surface area (Å²) in [7, 11) is 0. The highest BCUT2D eigenvalue weighted by atomic mass is 16.3. The lowest BCUT2D eigenvalue weighted by atomic mass is 9.64. The Kier molecular flexibility index (Phi) is 21.4. The molecule has 147 heavy (non-hydrogen) atoms. The van der Waals surface area contributed by atoms with Gasteiger partial charge in [0.2, 0.25) is 0 Å². The van der Waals surface area contributed by atoms with E-state index >= 15 is 0 Å². The van der Waals surface area contributed by atoms with E-state index in [-0.39, 0.29) is 29.7 Å². The fourth-order valence-corrected chi connectivity index (χ4v) is 25.1. The van der Waals surface area contributed by atoms with Gasteiger partial charge in [0, 0.05) is 76.9 Å². The standard InChI is InChI=1S/C78H53N3O2.C57H36N2O.4CH4/c1-48-42-44-53(45-43-48)81(69-41-21-35-61-59-33-19-23-50(3)75(59)83-77(61)69)71-47-65-73(57-31-13-11-29-55(57)71)72-56-30-12-10-28-54(56)70(80(52-26-8-5-9-27-52)68-40-20-34-60-58-32-18-22-49(2)74(58)82-76(60)68)46-64(72)78(65)62-36-14-16-38-66(62)79(51-24-6-4-7-25-51)67-39-17-15-37-63(67)78;1-3-19-38(20-4-1)58-49-30-14-12-28-45(49)57(46-29-13-15-31-50(46)58)47-35-34-37-18-7-8-23-40(37)54(47)55-43-26-10-9-24-41(43)52(36-48(55)57)59(39-21-5-2-6-22-39)51-32-17-27-44-42-25-11-16-33-53(42)60-56(44)51;;;;/h4-47H,1-3H3;1-36H;4*1H4. The molecule has 23 aromatic carbocycles. The number of para-hydroxylation sites is 14. The number of hydrogen-bond donors (Lipinski definition) is 0. The summed E-state index contributed by atoms with van der Waals surface area (Å²) in [4.78, 5) is 12.3. The van der Waals surface area contributed by atoms with E-state index in [0.717, 1.165) is 162 Å². The molecule has 0 fully saturated rings. The van der Waals surface area contributed by atoms with Gasteiger partial charge in [0.1, 0.15) is 16.7 Å². The van der Waals surface area contributed by atoms with Crippen LogP contribution in [0.5, 0.6) is 0 Å². The Morgan fingerprint density at radius 1 is 0.190 bits per heavy atom. The van der Waals surface area contributed by atoms with Gasteiger partial charge in [-0.1, -0.05) is 393 Å². The van der Waals surface area contributed by atoms with Crippen molar-refractivity contribution in [2.24, 2.45) is 0 Å².